The summed E-state index contributed by atoms with van der Waals surface area (Å²) < 4.78 is 2.51. The van der Waals surface area contributed by atoms with E-state index in [-0.39, 0.29) is 5.78 Å². The molecular weight excluding hydrogens is 208 g/mol. The maximum Gasteiger partial charge on any atom is 0.167 e. The van der Waals surface area contributed by atoms with Crippen LogP contribution in [0.2, 0.25) is 0 Å². The standard InChI is InChI=1S/C7H7BrN2O/c1-10-7(8)6-4(9-10)2-3-5(6)11/h2-3H2,1H3. The Morgan fingerprint density at radius 2 is 2.27 bits per heavy atom. The van der Waals surface area contributed by atoms with Crippen molar-refractivity contribution in [1.82, 2.24) is 9.78 Å². The van der Waals surface area contributed by atoms with Crippen LogP contribution in [0, 0.1) is 0 Å². The number of rotatable bonds is 0. The van der Waals surface area contributed by atoms with Gasteiger partial charge in [-0.05, 0) is 22.4 Å². The Balaban J connectivity index is 2.67. The fourth-order valence-electron chi connectivity index (χ4n) is 1.36. The van der Waals surface area contributed by atoms with Crippen LogP contribution in [0.5, 0.6) is 0 Å². The molecular formula is C7H7BrN2O. The van der Waals surface area contributed by atoms with E-state index in [2.05, 4.69) is 21.0 Å². The summed E-state index contributed by atoms with van der Waals surface area (Å²) in [7, 11) is 1.83. The number of hydrogen-bond acceptors (Lipinski definition) is 2. The molecule has 11 heavy (non-hydrogen) atoms. The van der Waals surface area contributed by atoms with Gasteiger partial charge in [-0.1, -0.05) is 0 Å². The number of halogens is 1. The minimum Gasteiger partial charge on any atom is -0.294 e. The summed E-state index contributed by atoms with van der Waals surface area (Å²) in [4.78, 5) is 11.2. The Labute approximate surface area is 72.5 Å². The lowest BCUT2D eigenvalue weighted by Gasteiger charge is -1.92. The van der Waals surface area contributed by atoms with Gasteiger partial charge in [0.05, 0.1) is 11.3 Å². The maximum atomic E-state index is 11.2. The predicted molar refractivity (Wildman–Crippen MR) is 43.6 cm³/mol. The van der Waals surface area contributed by atoms with Crippen LogP contribution in [0.25, 0.3) is 0 Å². The van der Waals surface area contributed by atoms with E-state index in [1.54, 1.807) is 4.68 Å². The van der Waals surface area contributed by atoms with E-state index in [9.17, 15) is 4.79 Å². The fraction of sp³-hybridized carbons (Fsp3) is 0.429. The van der Waals surface area contributed by atoms with Crippen molar-refractivity contribution in [3.05, 3.63) is 15.9 Å². The average Bonchev–Trinajstić information content (AvgIpc) is 2.41. The van der Waals surface area contributed by atoms with Crippen molar-refractivity contribution < 1.29 is 4.79 Å². The van der Waals surface area contributed by atoms with Gasteiger partial charge in [0, 0.05) is 13.5 Å². The fourth-order valence-corrected chi connectivity index (χ4v) is 1.89. The molecule has 0 aromatic carbocycles. The molecule has 0 spiro atoms. The zero-order valence-electron chi connectivity index (χ0n) is 6.09. The summed E-state index contributed by atoms with van der Waals surface area (Å²) in [6.07, 6.45) is 1.42. The second-order valence-electron chi connectivity index (χ2n) is 2.66. The van der Waals surface area contributed by atoms with E-state index < -0.39 is 0 Å². The number of ketones is 1. The number of carbonyl (C=O) groups excluding carboxylic acids is 1. The van der Waals surface area contributed by atoms with Gasteiger partial charge in [0.15, 0.2) is 5.78 Å². The summed E-state index contributed by atoms with van der Waals surface area (Å²) in [5.74, 6) is 0.208. The molecule has 4 heteroatoms. The van der Waals surface area contributed by atoms with Gasteiger partial charge in [0.25, 0.3) is 0 Å². The summed E-state index contributed by atoms with van der Waals surface area (Å²) in [6.45, 7) is 0. The van der Waals surface area contributed by atoms with Crippen molar-refractivity contribution in [1.29, 1.82) is 0 Å². The molecule has 0 aliphatic heterocycles. The zero-order chi connectivity index (χ0) is 8.01. The highest BCUT2D eigenvalue weighted by Gasteiger charge is 2.26. The van der Waals surface area contributed by atoms with Gasteiger partial charge in [0.2, 0.25) is 0 Å². The lowest BCUT2D eigenvalue weighted by molar-refractivity contribution is 0.0993. The van der Waals surface area contributed by atoms with Crippen molar-refractivity contribution >= 4 is 21.7 Å². The molecule has 1 heterocycles. The third-order valence-electron chi connectivity index (χ3n) is 1.92. The van der Waals surface area contributed by atoms with Crippen LogP contribution in [0.3, 0.4) is 0 Å². The van der Waals surface area contributed by atoms with E-state index in [0.717, 1.165) is 22.3 Å². The lowest BCUT2D eigenvalue weighted by Crippen LogP contribution is -1.96. The molecule has 0 atom stereocenters. The normalized spacial score (nSPS) is 15.6. The van der Waals surface area contributed by atoms with E-state index in [4.69, 9.17) is 0 Å². The molecule has 0 amide bonds. The van der Waals surface area contributed by atoms with Gasteiger partial charge < -0.3 is 0 Å². The van der Waals surface area contributed by atoms with Gasteiger partial charge in [0.1, 0.15) is 4.60 Å². The van der Waals surface area contributed by atoms with E-state index in [1.807, 2.05) is 7.05 Å². The van der Waals surface area contributed by atoms with Gasteiger partial charge in [-0.25, -0.2) is 0 Å². The highest BCUT2D eigenvalue weighted by atomic mass is 79.9. The molecule has 0 N–H and O–H groups in total. The van der Waals surface area contributed by atoms with E-state index in [0.29, 0.717) is 6.42 Å². The summed E-state index contributed by atoms with van der Waals surface area (Å²) in [5, 5.41) is 4.19. The SMILES string of the molecule is Cn1nc2c(c1Br)C(=O)CC2. The average molecular weight is 215 g/mol. The van der Waals surface area contributed by atoms with Crippen LogP contribution in [-0.4, -0.2) is 15.6 Å². The quantitative estimate of drug-likeness (QED) is 0.653. The van der Waals surface area contributed by atoms with Crippen LogP contribution in [0.15, 0.2) is 4.60 Å². The number of hydrogen-bond donors (Lipinski definition) is 0. The van der Waals surface area contributed by atoms with Crippen molar-refractivity contribution in [3.63, 3.8) is 0 Å². The summed E-state index contributed by atoms with van der Waals surface area (Å²) in [5.41, 5.74) is 1.72. The third kappa shape index (κ3) is 0.854. The predicted octanol–water partition coefficient (Wildman–Crippen LogP) is 1.31. The molecule has 1 aliphatic carbocycles. The van der Waals surface area contributed by atoms with Crippen LogP contribution < -0.4 is 0 Å². The first-order valence-electron chi connectivity index (χ1n) is 3.44. The van der Waals surface area contributed by atoms with E-state index in [1.165, 1.54) is 0 Å². The molecule has 0 bridgehead atoms. The first-order chi connectivity index (χ1) is 5.20. The monoisotopic (exact) mass is 214 g/mol. The highest BCUT2D eigenvalue weighted by Crippen LogP contribution is 2.27. The van der Waals surface area contributed by atoms with Crippen molar-refractivity contribution in [2.24, 2.45) is 7.05 Å². The molecule has 0 saturated heterocycles. The number of Topliss-reactive ketones (excluding diaryl/α,β-unsaturated/α-hetero) is 1. The Bertz CT molecular complexity index is 329. The molecule has 1 aromatic heterocycles. The number of nitrogens with zero attached hydrogens (tertiary/aromatic N) is 2. The largest absolute Gasteiger partial charge is 0.294 e. The molecule has 1 aliphatic rings. The molecule has 1 aromatic rings. The topological polar surface area (TPSA) is 34.9 Å². The van der Waals surface area contributed by atoms with Gasteiger partial charge in [-0.2, -0.15) is 5.10 Å². The van der Waals surface area contributed by atoms with Crippen LogP contribution in [-0.2, 0) is 13.5 Å². The minimum atomic E-state index is 0.208. The zero-order valence-corrected chi connectivity index (χ0v) is 7.68. The van der Waals surface area contributed by atoms with Crippen molar-refractivity contribution in [2.45, 2.75) is 12.8 Å². The number of fused-ring (bicyclic) bond motifs is 1. The molecule has 2 rings (SSSR count). The summed E-state index contributed by atoms with van der Waals surface area (Å²) >= 11 is 3.32. The van der Waals surface area contributed by atoms with Gasteiger partial charge >= 0.3 is 0 Å². The molecule has 0 unspecified atom stereocenters. The summed E-state index contributed by atoms with van der Waals surface area (Å²) in [6, 6.07) is 0. The number of aryl methyl sites for hydroxylation is 2. The third-order valence-corrected chi connectivity index (χ3v) is 2.83. The van der Waals surface area contributed by atoms with E-state index >= 15 is 0 Å². The Kier molecular flexibility index (Phi) is 1.39. The molecule has 0 saturated carbocycles. The van der Waals surface area contributed by atoms with Crippen molar-refractivity contribution in [3.8, 4) is 0 Å². The van der Waals surface area contributed by atoms with Crippen LogP contribution in [0.4, 0.5) is 0 Å². The number of carbonyl (C=O) groups is 1. The van der Waals surface area contributed by atoms with Gasteiger partial charge in [-0.15, -0.1) is 0 Å². The Morgan fingerprint density at radius 3 is 2.91 bits per heavy atom. The first-order valence-corrected chi connectivity index (χ1v) is 4.24. The smallest absolute Gasteiger partial charge is 0.167 e. The Hall–Kier alpha value is -0.640. The second-order valence-corrected chi connectivity index (χ2v) is 3.41. The maximum absolute atomic E-state index is 11.2. The lowest BCUT2D eigenvalue weighted by atomic mass is 10.3. The second kappa shape index (κ2) is 2.17. The van der Waals surface area contributed by atoms with Gasteiger partial charge in [-0.3, -0.25) is 9.48 Å². The van der Waals surface area contributed by atoms with Crippen molar-refractivity contribution in [2.75, 3.05) is 0 Å². The minimum absolute atomic E-state index is 0.208. The molecule has 0 radical (unpaired) electrons. The molecule has 58 valence electrons. The van der Waals surface area contributed by atoms with Crippen LogP contribution >= 0.6 is 15.9 Å². The molecule has 3 nitrogen and oxygen atoms in total. The Morgan fingerprint density at radius 1 is 1.55 bits per heavy atom. The molecule has 0 fully saturated rings. The van der Waals surface area contributed by atoms with Crippen LogP contribution in [0.1, 0.15) is 22.5 Å². The highest BCUT2D eigenvalue weighted by molar-refractivity contribution is 9.10. The number of aromatic nitrogens is 2. The first kappa shape index (κ1) is 7.03.